The van der Waals surface area contributed by atoms with Gasteiger partial charge in [0.1, 0.15) is 0 Å². The van der Waals surface area contributed by atoms with Crippen LogP contribution in [-0.4, -0.2) is 11.7 Å². The predicted molar refractivity (Wildman–Crippen MR) is 81.9 cm³/mol. The normalized spacial score (nSPS) is 11.0. The van der Waals surface area contributed by atoms with E-state index in [1.165, 1.54) is 7.11 Å². The molecule has 0 saturated heterocycles. The molecule has 108 valence electrons. The van der Waals surface area contributed by atoms with Crippen LogP contribution in [0.3, 0.4) is 0 Å². The second-order valence-electron chi connectivity index (χ2n) is 4.97. The summed E-state index contributed by atoms with van der Waals surface area (Å²) in [6.07, 6.45) is 1.96. The highest BCUT2D eigenvalue weighted by atomic mass is 19.1. The van der Waals surface area contributed by atoms with E-state index in [1.807, 2.05) is 29.0 Å². The molecular formula is C17H17FN2O. The maximum Gasteiger partial charge on any atom is 0.170 e. The van der Waals surface area contributed by atoms with Crippen LogP contribution >= 0.6 is 0 Å². The average Bonchev–Trinajstić information content (AvgIpc) is 2.91. The van der Waals surface area contributed by atoms with Gasteiger partial charge in [-0.05, 0) is 35.2 Å². The van der Waals surface area contributed by atoms with E-state index >= 15 is 0 Å². The monoisotopic (exact) mass is 284 g/mol. The molecule has 0 aliphatic heterocycles. The third-order valence-corrected chi connectivity index (χ3v) is 3.67. The Balaban J connectivity index is 1.99. The van der Waals surface area contributed by atoms with Crippen molar-refractivity contribution in [2.75, 3.05) is 7.11 Å². The van der Waals surface area contributed by atoms with Crippen molar-refractivity contribution in [2.24, 2.45) is 5.73 Å². The number of nitrogens with two attached hydrogens (primary N) is 1. The van der Waals surface area contributed by atoms with Gasteiger partial charge >= 0.3 is 0 Å². The lowest BCUT2D eigenvalue weighted by molar-refractivity contribution is 0.383. The highest BCUT2D eigenvalue weighted by Crippen LogP contribution is 2.23. The molecule has 2 N–H and O–H groups in total. The van der Waals surface area contributed by atoms with Gasteiger partial charge in [-0.3, -0.25) is 0 Å². The van der Waals surface area contributed by atoms with Gasteiger partial charge in [0.25, 0.3) is 0 Å². The van der Waals surface area contributed by atoms with Gasteiger partial charge in [0, 0.05) is 23.8 Å². The van der Waals surface area contributed by atoms with E-state index in [1.54, 1.807) is 18.2 Å². The molecule has 3 rings (SSSR count). The molecule has 3 nitrogen and oxygen atoms in total. The summed E-state index contributed by atoms with van der Waals surface area (Å²) in [7, 11) is 1.47. The zero-order valence-electron chi connectivity index (χ0n) is 11.8. The fourth-order valence-corrected chi connectivity index (χ4v) is 2.53. The summed E-state index contributed by atoms with van der Waals surface area (Å²) >= 11 is 0. The molecule has 4 heteroatoms. The number of hydrogen-bond acceptors (Lipinski definition) is 2. The molecule has 1 heterocycles. The van der Waals surface area contributed by atoms with Crippen LogP contribution in [0.25, 0.3) is 10.9 Å². The summed E-state index contributed by atoms with van der Waals surface area (Å²) in [5.74, 6) is -0.0326. The Morgan fingerprint density at radius 3 is 2.81 bits per heavy atom. The first-order valence-corrected chi connectivity index (χ1v) is 6.82. The number of ether oxygens (including phenoxy) is 1. The molecule has 0 aliphatic carbocycles. The first-order valence-electron chi connectivity index (χ1n) is 6.82. The van der Waals surface area contributed by atoms with E-state index in [0.717, 1.165) is 16.5 Å². The summed E-state index contributed by atoms with van der Waals surface area (Å²) in [5.41, 5.74) is 8.41. The van der Waals surface area contributed by atoms with Gasteiger partial charge in [0.05, 0.1) is 13.7 Å². The van der Waals surface area contributed by atoms with Gasteiger partial charge in [0.2, 0.25) is 0 Å². The topological polar surface area (TPSA) is 40.2 Å². The maximum absolute atomic E-state index is 14.2. The molecule has 0 spiro atoms. The molecule has 0 atom stereocenters. The first-order chi connectivity index (χ1) is 10.2. The molecular weight excluding hydrogens is 267 g/mol. The fourth-order valence-electron chi connectivity index (χ4n) is 2.53. The molecule has 0 aliphatic rings. The van der Waals surface area contributed by atoms with Gasteiger partial charge in [-0.2, -0.15) is 0 Å². The molecule has 0 unspecified atom stereocenters. The molecule has 1 aromatic heterocycles. The first kappa shape index (κ1) is 13.6. The molecule has 0 bridgehead atoms. The quantitative estimate of drug-likeness (QED) is 0.798. The number of methoxy groups -OCH3 is 1. The number of rotatable bonds is 4. The van der Waals surface area contributed by atoms with E-state index in [2.05, 4.69) is 6.07 Å². The van der Waals surface area contributed by atoms with Crippen LogP contribution in [0.5, 0.6) is 5.75 Å². The Morgan fingerprint density at radius 2 is 2.05 bits per heavy atom. The number of hydrogen-bond donors (Lipinski definition) is 1. The van der Waals surface area contributed by atoms with Crippen LogP contribution in [0.1, 0.15) is 11.1 Å². The van der Waals surface area contributed by atoms with Gasteiger partial charge in [-0.1, -0.05) is 18.2 Å². The van der Waals surface area contributed by atoms with Crippen LogP contribution in [0, 0.1) is 5.82 Å². The highest BCUT2D eigenvalue weighted by Gasteiger charge is 2.10. The van der Waals surface area contributed by atoms with Gasteiger partial charge in [-0.15, -0.1) is 0 Å². The summed E-state index contributed by atoms with van der Waals surface area (Å²) < 4.78 is 21.3. The largest absolute Gasteiger partial charge is 0.494 e. The lowest BCUT2D eigenvalue weighted by atomic mass is 10.1. The van der Waals surface area contributed by atoms with Gasteiger partial charge < -0.3 is 15.0 Å². The van der Waals surface area contributed by atoms with Crippen molar-refractivity contribution in [3.05, 3.63) is 65.6 Å². The zero-order chi connectivity index (χ0) is 14.8. The molecule has 0 saturated carbocycles. The Kier molecular flexibility index (Phi) is 3.62. The molecule has 0 amide bonds. The molecule has 2 aromatic carbocycles. The van der Waals surface area contributed by atoms with Crippen molar-refractivity contribution < 1.29 is 9.13 Å². The highest BCUT2D eigenvalue weighted by molar-refractivity contribution is 5.81. The van der Waals surface area contributed by atoms with Crippen molar-refractivity contribution in [1.82, 2.24) is 4.57 Å². The third kappa shape index (κ3) is 2.50. The SMILES string of the molecule is COc1cccc(Cn2ccc3cc(CN)ccc32)c1F. The van der Waals surface area contributed by atoms with Crippen molar-refractivity contribution >= 4 is 10.9 Å². The summed E-state index contributed by atoms with van der Waals surface area (Å²) in [6.45, 7) is 0.986. The number of halogens is 1. The average molecular weight is 284 g/mol. The summed E-state index contributed by atoms with van der Waals surface area (Å²) in [6, 6.07) is 13.3. The van der Waals surface area contributed by atoms with Gasteiger partial charge in [-0.25, -0.2) is 4.39 Å². The van der Waals surface area contributed by atoms with Crippen molar-refractivity contribution in [2.45, 2.75) is 13.1 Å². The van der Waals surface area contributed by atoms with Gasteiger partial charge in [0.15, 0.2) is 11.6 Å². The Hall–Kier alpha value is -2.33. The minimum atomic E-state index is -0.305. The fraction of sp³-hybridized carbons (Fsp3) is 0.176. The zero-order valence-corrected chi connectivity index (χ0v) is 11.8. The number of nitrogens with zero attached hydrogens (tertiary/aromatic N) is 1. The number of fused-ring (bicyclic) bond motifs is 1. The third-order valence-electron chi connectivity index (χ3n) is 3.67. The summed E-state index contributed by atoms with van der Waals surface area (Å²) in [4.78, 5) is 0. The Morgan fingerprint density at radius 1 is 1.19 bits per heavy atom. The number of benzene rings is 2. The second kappa shape index (κ2) is 5.58. The van der Waals surface area contributed by atoms with Crippen LogP contribution in [0.2, 0.25) is 0 Å². The lowest BCUT2D eigenvalue weighted by Gasteiger charge is -2.09. The smallest absolute Gasteiger partial charge is 0.170 e. The predicted octanol–water partition coefficient (Wildman–Crippen LogP) is 3.30. The van der Waals surface area contributed by atoms with Crippen LogP contribution in [0.4, 0.5) is 4.39 Å². The Labute approximate surface area is 122 Å². The van der Waals surface area contributed by atoms with E-state index in [4.69, 9.17) is 10.5 Å². The van der Waals surface area contributed by atoms with E-state index in [9.17, 15) is 4.39 Å². The lowest BCUT2D eigenvalue weighted by Crippen LogP contribution is -2.02. The van der Waals surface area contributed by atoms with E-state index in [0.29, 0.717) is 18.7 Å². The maximum atomic E-state index is 14.2. The minimum Gasteiger partial charge on any atom is -0.494 e. The molecule has 0 fully saturated rings. The standard InChI is InChI=1S/C17H17FN2O/c1-21-16-4-2-3-14(17(16)18)11-20-8-7-13-9-12(10-19)5-6-15(13)20/h2-9H,10-11,19H2,1H3. The van der Waals surface area contributed by atoms with E-state index in [-0.39, 0.29) is 11.6 Å². The minimum absolute atomic E-state index is 0.273. The van der Waals surface area contributed by atoms with Crippen LogP contribution < -0.4 is 10.5 Å². The Bertz CT molecular complexity index is 780. The number of aromatic nitrogens is 1. The van der Waals surface area contributed by atoms with Crippen molar-refractivity contribution in [3.8, 4) is 5.75 Å². The second-order valence-corrected chi connectivity index (χ2v) is 4.97. The van der Waals surface area contributed by atoms with E-state index < -0.39 is 0 Å². The van der Waals surface area contributed by atoms with Crippen LogP contribution in [0.15, 0.2) is 48.7 Å². The molecule has 3 aromatic rings. The van der Waals surface area contributed by atoms with Crippen LogP contribution in [-0.2, 0) is 13.1 Å². The van der Waals surface area contributed by atoms with Crippen molar-refractivity contribution in [3.63, 3.8) is 0 Å². The molecule has 0 radical (unpaired) electrons. The van der Waals surface area contributed by atoms with Crippen molar-refractivity contribution in [1.29, 1.82) is 0 Å². The molecule has 21 heavy (non-hydrogen) atoms. The summed E-state index contributed by atoms with van der Waals surface area (Å²) in [5, 5.41) is 1.11.